The van der Waals surface area contributed by atoms with Crippen molar-refractivity contribution in [2.45, 2.75) is 64.5 Å². The minimum absolute atomic E-state index is 0.0402. The van der Waals surface area contributed by atoms with Gasteiger partial charge in [-0.05, 0) is 50.3 Å². The Balaban J connectivity index is 1.29. The lowest BCUT2D eigenvalue weighted by Gasteiger charge is -2.36. The molecule has 0 unspecified atom stereocenters. The van der Waals surface area contributed by atoms with Crippen LogP contribution in [0.1, 0.15) is 60.9 Å². The fourth-order valence-electron chi connectivity index (χ4n) is 5.89. The third-order valence-electron chi connectivity index (χ3n) is 8.86. The topological polar surface area (TPSA) is 185 Å². The summed E-state index contributed by atoms with van der Waals surface area (Å²) in [4.78, 5) is 62.6. The van der Waals surface area contributed by atoms with Gasteiger partial charge < -0.3 is 34.2 Å². The second-order valence-corrected chi connectivity index (χ2v) is 12.3. The van der Waals surface area contributed by atoms with E-state index in [9.17, 15) is 19.2 Å². The summed E-state index contributed by atoms with van der Waals surface area (Å²) >= 11 is 0. The largest absolute Gasteiger partial charge is 0.483 e. The number of rotatable bonds is 13. The van der Waals surface area contributed by atoms with Gasteiger partial charge in [0.15, 0.2) is 12.4 Å². The number of hydrogen-bond donors (Lipinski definition) is 2. The quantitative estimate of drug-likeness (QED) is 0.252. The average molecular weight is 680 g/mol. The Kier molecular flexibility index (Phi) is 12.3. The molecule has 4 heterocycles. The lowest BCUT2D eigenvalue weighted by Crippen LogP contribution is -2.56. The number of aromatic amines is 1. The van der Waals surface area contributed by atoms with E-state index in [0.29, 0.717) is 68.4 Å². The number of piperazine rings is 1. The van der Waals surface area contributed by atoms with Crippen molar-refractivity contribution in [1.82, 2.24) is 45.6 Å². The van der Waals surface area contributed by atoms with Crippen molar-refractivity contribution in [1.29, 1.82) is 0 Å². The molecule has 4 amide bonds. The van der Waals surface area contributed by atoms with Gasteiger partial charge in [-0.25, -0.2) is 9.78 Å². The lowest BCUT2D eigenvalue weighted by molar-refractivity contribution is -0.136. The Labute approximate surface area is 284 Å². The van der Waals surface area contributed by atoms with Crippen molar-refractivity contribution < 1.29 is 33.4 Å². The molecule has 0 radical (unpaired) electrons. The van der Waals surface area contributed by atoms with E-state index in [1.807, 2.05) is 32.0 Å². The molecule has 2 N–H and O–H groups in total. The van der Waals surface area contributed by atoms with Crippen LogP contribution in [0.3, 0.4) is 0 Å². The molecule has 2 aromatic heterocycles. The van der Waals surface area contributed by atoms with Crippen LogP contribution in [0, 0.1) is 6.92 Å². The maximum Gasteiger partial charge on any atom is 0.409 e. The van der Waals surface area contributed by atoms with Crippen molar-refractivity contribution in [2.24, 2.45) is 0 Å². The maximum absolute atomic E-state index is 13.8. The first kappa shape index (κ1) is 35.4. The highest BCUT2D eigenvalue weighted by atomic mass is 16.6. The van der Waals surface area contributed by atoms with Gasteiger partial charge in [-0.3, -0.25) is 14.4 Å². The predicted octanol–water partition coefficient (Wildman–Crippen LogP) is 1.88. The molecule has 2 aliphatic rings. The number of aromatic nitrogens is 5. The molecule has 5 rings (SSSR count). The highest BCUT2D eigenvalue weighted by Crippen LogP contribution is 2.27. The molecule has 2 saturated heterocycles. The highest BCUT2D eigenvalue weighted by Gasteiger charge is 2.31. The van der Waals surface area contributed by atoms with E-state index in [-0.39, 0.29) is 43.1 Å². The molecule has 49 heavy (non-hydrogen) atoms. The number of methoxy groups -OCH3 is 1. The molecule has 0 aliphatic carbocycles. The first-order valence-corrected chi connectivity index (χ1v) is 16.8. The zero-order valence-electron chi connectivity index (χ0n) is 28.4. The van der Waals surface area contributed by atoms with Gasteiger partial charge in [0.25, 0.3) is 11.8 Å². The SMILES string of the molecule is CCCCOC(=O)N1CCN(C(=O)[C@H](CCc2nn[nH]n2)NC(=O)c2cc(OCC(=O)N3CCC(OC)CC3)c3ccc(C)cc3n2)CC1. The third kappa shape index (κ3) is 9.40. The van der Waals surface area contributed by atoms with Crippen molar-refractivity contribution in [3.63, 3.8) is 0 Å². The summed E-state index contributed by atoms with van der Waals surface area (Å²) in [5.41, 5.74) is 1.49. The highest BCUT2D eigenvalue weighted by molar-refractivity contribution is 5.99. The van der Waals surface area contributed by atoms with Gasteiger partial charge in [0.2, 0.25) is 5.91 Å². The minimum atomic E-state index is -0.940. The number of tetrazole rings is 1. The van der Waals surface area contributed by atoms with E-state index in [0.717, 1.165) is 31.2 Å². The lowest BCUT2D eigenvalue weighted by atomic mass is 10.1. The Morgan fingerprint density at radius 3 is 2.47 bits per heavy atom. The Morgan fingerprint density at radius 1 is 1.02 bits per heavy atom. The number of pyridine rings is 1. The van der Waals surface area contributed by atoms with E-state index < -0.39 is 18.0 Å². The smallest absolute Gasteiger partial charge is 0.409 e. The van der Waals surface area contributed by atoms with E-state index in [2.05, 4.69) is 30.9 Å². The van der Waals surface area contributed by atoms with Gasteiger partial charge in [0, 0.05) is 64.3 Å². The van der Waals surface area contributed by atoms with E-state index >= 15 is 0 Å². The van der Waals surface area contributed by atoms with E-state index in [1.165, 1.54) is 6.07 Å². The van der Waals surface area contributed by atoms with Gasteiger partial charge in [0.1, 0.15) is 17.5 Å². The third-order valence-corrected chi connectivity index (χ3v) is 8.86. The second-order valence-electron chi connectivity index (χ2n) is 12.3. The molecule has 2 aliphatic heterocycles. The van der Waals surface area contributed by atoms with E-state index in [4.69, 9.17) is 14.2 Å². The fraction of sp³-hybridized carbons (Fsp3) is 0.576. The molecule has 16 heteroatoms. The van der Waals surface area contributed by atoms with Gasteiger partial charge in [-0.2, -0.15) is 5.21 Å². The molecule has 0 bridgehead atoms. The summed E-state index contributed by atoms with van der Waals surface area (Å²) in [6.07, 6.45) is 3.46. The Bertz CT molecular complexity index is 1590. The molecular formula is C33H45N9O7. The number of benzene rings is 1. The van der Waals surface area contributed by atoms with E-state index in [1.54, 1.807) is 21.8 Å². The number of amides is 4. The summed E-state index contributed by atoms with van der Waals surface area (Å²) in [6, 6.07) is 6.15. The maximum atomic E-state index is 13.8. The number of unbranched alkanes of at least 4 members (excludes halogenated alkanes) is 1. The summed E-state index contributed by atoms with van der Waals surface area (Å²) in [6.45, 7) is 6.48. The van der Waals surface area contributed by atoms with Crippen LogP contribution in [-0.2, 0) is 25.5 Å². The van der Waals surface area contributed by atoms with Crippen molar-refractivity contribution >= 4 is 34.7 Å². The van der Waals surface area contributed by atoms with Crippen LogP contribution in [0.2, 0.25) is 0 Å². The average Bonchev–Trinajstić information content (AvgIpc) is 3.65. The molecular weight excluding hydrogens is 634 g/mol. The first-order valence-electron chi connectivity index (χ1n) is 16.8. The summed E-state index contributed by atoms with van der Waals surface area (Å²) in [5.74, 6) is -0.290. The first-order chi connectivity index (χ1) is 23.7. The summed E-state index contributed by atoms with van der Waals surface area (Å²) in [5, 5.41) is 17.5. The predicted molar refractivity (Wildman–Crippen MR) is 177 cm³/mol. The Morgan fingerprint density at radius 2 is 1.78 bits per heavy atom. The molecule has 0 spiro atoms. The van der Waals surface area contributed by atoms with Gasteiger partial charge in [0.05, 0.1) is 18.2 Å². The number of piperidine rings is 1. The number of ether oxygens (including phenoxy) is 3. The number of hydrogen-bond acceptors (Lipinski definition) is 11. The number of H-pyrrole nitrogens is 1. The van der Waals surface area contributed by atoms with Crippen LogP contribution in [0.5, 0.6) is 5.75 Å². The van der Waals surface area contributed by atoms with Gasteiger partial charge in [-0.1, -0.05) is 24.6 Å². The number of carbonyl (C=O) groups excluding carboxylic acids is 4. The summed E-state index contributed by atoms with van der Waals surface area (Å²) < 4.78 is 16.8. The second kappa shape index (κ2) is 17.0. The van der Waals surface area contributed by atoms with Crippen molar-refractivity contribution in [3.05, 3.63) is 41.3 Å². The van der Waals surface area contributed by atoms with Crippen molar-refractivity contribution in [3.8, 4) is 5.75 Å². The number of aryl methyl sites for hydroxylation is 2. The van der Waals surface area contributed by atoms with Gasteiger partial charge >= 0.3 is 6.09 Å². The zero-order valence-corrected chi connectivity index (χ0v) is 28.4. The van der Waals surface area contributed by atoms with Crippen LogP contribution in [0.15, 0.2) is 24.3 Å². The number of likely N-dealkylation sites (tertiary alicyclic amines) is 1. The molecule has 264 valence electrons. The molecule has 1 atom stereocenters. The number of fused-ring (bicyclic) bond motifs is 1. The van der Waals surface area contributed by atoms with Crippen LogP contribution in [0.25, 0.3) is 10.9 Å². The molecule has 3 aromatic rings. The normalized spacial score (nSPS) is 16.0. The number of carbonyl (C=O) groups is 4. The monoisotopic (exact) mass is 679 g/mol. The fourth-order valence-corrected chi connectivity index (χ4v) is 5.89. The molecule has 0 saturated carbocycles. The molecule has 16 nitrogen and oxygen atoms in total. The molecule has 1 aromatic carbocycles. The van der Waals surface area contributed by atoms with Gasteiger partial charge in [-0.15, -0.1) is 10.2 Å². The Hall–Kier alpha value is -4.86. The van der Waals surface area contributed by atoms with Crippen LogP contribution >= 0.6 is 0 Å². The number of nitrogens with one attached hydrogen (secondary N) is 2. The zero-order chi connectivity index (χ0) is 34.8. The minimum Gasteiger partial charge on any atom is -0.483 e. The molecule has 2 fully saturated rings. The summed E-state index contributed by atoms with van der Waals surface area (Å²) in [7, 11) is 1.68. The number of nitrogens with zero attached hydrogens (tertiary/aromatic N) is 7. The van der Waals surface area contributed by atoms with Crippen LogP contribution < -0.4 is 10.1 Å². The standard InChI is InChI=1S/C33H45N9O7/c1-4-5-18-48-33(46)42-16-14-41(15-17-42)32(45)25(8-9-29-36-38-39-37-29)35-31(44)27-20-28(24-7-6-22(2)19-26(24)34-27)49-21-30(43)40-12-10-23(47-3)11-13-40/h6-7,19-20,23,25H,4-5,8-18,21H2,1-3H3,(H,35,44)(H,36,37,38,39)/t25-/m0/s1. The van der Waals surface area contributed by atoms with Crippen LogP contribution in [0.4, 0.5) is 4.79 Å². The van der Waals surface area contributed by atoms with Crippen molar-refractivity contribution in [2.75, 3.05) is 59.6 Å². The van der Waals surface area contributed by atoms with Crippen LogP contribution in [-0.4, -0.2) is 136 Å².